The molecule has 0 unspecified atom stereocenters. The van der Waals surface area contributed by atoms with E-state index in [1.165, 1.54) is 0 Å². The predicted octanol–water partition coefficient (Wildman–Crippen LogP) is 3.31. The molecule has 0 aromatic carbocycles. The molecule has 16 heavy (non-hydrogen) atoms. The van der Waals surface area contributed by atoms with E-state index in [2.05, 4.69) is 26.1 Å². The van der Waals surface area contributed by atoms with Crippen LogP contribution in [0.4, 0.5) is 0 Å². The molecule has 88 valence electrons. The maximum Gasteiger partial charge on any atom is 0.246 e. The zero-order valence-corrected chi connectivity index (χ0v) is 11.1. The Bertz CT molecular complexity index is 371. The second-order valence-corrected chi connectivity index (χ2v) is 6.07. The molecule has 1 aromatic rings. The van der Waals surface area contributed by atoms with Crippen LogP contribution in [0.1, 0.15) is 32.6 Å². The highest BCUT2D eigenvalue weighted by molar-refractivity contribution is 7.10. The molecule has 1 rings (SSSR count). The lowest BCUT2D eigenvalue weighted by Crippen LogP contribution is -2.32. The van der Waals surface area contributed by atoms with Crippen molar-refractivity contribution in [3.05, 3.63) is 28.0 Å². The Balaban J connectivity index is 2.55. The molecule has 0 aliphatic heterocycles. The fourth-order valence-electron chi connectivity index (χ4n) is 1.14. The zero-order valence-electron chi connectivity index (χ0n) is 10.3. The van der Waals surface area contributed by atoms with Crippen molar-refractivity contribution in [3.8, 4) is 0 Å². The monoisotopic (exact) mass is 237 g/mol. The van der Waals surface area contributed by atoms with Crippen LogP contribution in [0.3, 0.4) is 0 Å². The van der Waals surface area contributed by atoms with Crippen molar-refractivity contribution in [2.75, 3.05) is 6.54 Å². The summed E-state index contributed by atoms with van der Waals surface area (Å²) in [5, 5.41) is 4.94. The lowest BCUT2D eigenvalue weighted by molar-refractivity contribution is -0.117. The largest absolute Gasteiger partial charge is 0.352 e. The first-order valence-electron chi connectivity index (χ1n) is 5.38. The van der Waals surface area contributed by atoms with E-state index in [1.54, 1.807) is 11.3 Å². The molecule has 0 spiro atoms. The van der Waals surface area contributed by atoms with Gasteiger partial charge < -0.3 is 5.32 Å². The minimum Gasteiger partial charge on any atom is -0.352 e. The fourth-order valence-corrected chi connectivity index (χ4v) is 1.85. The third-order valence-electron chi connectivity index (χ3n) is 2.04. The van der Waals surface area contributed by atoms with Crippen LogP contribution in [0, 0.1) is 5.41 Å². The van der Waals surface area contributed by atoms with E-state index < -0.39 is 0 Å². The SMILES string of the molecule is C/C(=C\c1cccs1)C(=O)NCC(C)(C)C. The molecule has 1 amide bonds. The van der Waals surface area contributed by atoms with Gasteiger partial charge >= 0.3 is 0 Å². The summed E-state index contributed by atoms with van der Waals surface area (Å²) in [6, 6.07) is 3.99. The molecule has 1 heterocycles. The minimum atomic E-state index is 0.0170. The molecule has 0 fully saturated rings. The summed E-state index contributed by atoms with van der Waals surface area (Å²) >= 11 is 1.64. The first-order chi connectivity index (χ1) is 7.38. The van der Waals surface area contributed by atoms with Gasteiger partial charge in [-0.3, -0.25) is 4.79 Å². The molecule has 0 bridgehead atoms. The Morgan fingerprint density at radius 3 is 2.69 bits per heavy atom. The molecule has 0 atom stereocenters. The number of carbonyl (C=O) groups is 1. The molecular formula is C13H19NOS. The van der Waals surface area contributed by atoms with Gasteiger partial charge in [-0.15, -0.1) is 11.3 Å². The van der Waals surface area contributed by atoms with Crippen LogP contribution in [-0.2, 0) is 4.79 Å². The van der Waals surface area contributed by atoms with Crippen molar-refractivity contribution in [1.82, 2.24) is 5.32 Å². The molecule has 2 nitrogen and oxygen atoms in total. The Labute approximate surface area is 101 Å². The third kappa shape index (κ3) is 4.62. The van der Waals surface area contributed by atoms with E-state index >= 15 is 0 Å². The van der Waals surface area contributed by atoms with Crippen LogP contribution in [0.5, 0.6) is 0 Å². The molecule has 3 heteroatoms. The zero-order chi connectivity index (χ0) is 12.2. The second kappa shape index (κ2) is 5.30. The lowest BCUT2D eigenvalue weighted by Gasteiger charge is -2.18. The van der Waals surface area contributed by atoms with Crippen LogP contribution in [0.15, 0.2) is 23.1 Å². The molecule has 0 saturated carbocycles. The number of hydrogen-bond acceptors (Lipinski definition) is 2. The predicted molar refractivity (Wildman–Crippen MR) is 70.4 cm³/mol. The van der Waals surface area contributed by atoms with E-state index in [9.17, 15) is 4.79 Å². The maximum atomic E-state index is 11.7. The molecule has 1 aromatic heterocycles. The van der Waals surface area contributed by atoms with Crippen molar-refractivity contribution in [2.24, 2.45) is 5.41 Å². The van der Waals surface area contributed by atoms with E-state index in [4.69, 9.17) is 0 Å². The first kappa shape index (κ1) is 13.0. The molecule has 1 N–H and O–H groups in total. The maximum absolute atomic E-state index is 11.7. The summed E-state index contributed by atoms with van der Waals surface area (Å²) in [4.78, 5) is 12.9. The Hall–Kier alpha value is -1.09. The molecule has 0 saturated heterocycles. The van der Waals surface area contributed by atoms with Crippen LogP contribution in [-0.4, -0.2) is 12.5 Å². The number of nitrogens with one attached hydrogen (secondary N) is 1. The van der Waals surface area contributed by atoms with Gasteiger partial charge in [-0.05, 0) is 29.9 Å². The summed E-state index contributed by atoms with van der Waals surface area (Å²) in [7, 11) is 0. The van der Waals surface area contributed by atoms with Gasteiger partial charge in [-0.25, -0.2) is 0 Å². The van der Waals surface area contributed by atoms with E-state index in [-0.39, 0.29) is 11.3 Å². The summed E-state index contributed by atoms with van der Waals surface area (Å²) in [6.45, 7) is 8.85. The average Bonchev–Trinajstić information content (AvgIpc) is 2.65. The van der Waals surface area contributed by atoms with Crippen molar-refractivity contribution >= 4 is 23.3 Å². The highest BCUT2D eigenvalue weighted by Gasteiger charge is 2.12. The quantitative estimate of drug-likeness (QED) is 0.803. The van der Waals surface area contributed by atoms with Crippen LogP contribution < -0.4 is 5.32 Å². The second-order valence-electron chi connectivity index (χ2n) is 5.09. The Kier molecular flexibility index (Phi) is 4.30. The Morgan fingerprint density at radius 2 is 2.19 bits per heavy atom. The summed E-state index contributed by atoms with van der Waals surface area (Å²) in [6.07, 6.45) is 1.92. The van der Waals surface area contributed by atoms with Crippen molar-refractivity contribution < 1.29 is 4.79 Å². The van der Waals surface area contributed by atoms with Gasteiger partial charge in [0.2, 0.25) is 5.91 Å². The number of thiophene rings is 1. The third-order valence-corrected chi connectivity index (χ3v) is 2.86. The number of hydrogen-bond donors (Lipinski definition) is 1. The van der Waals surface area contributed by atoms with Crippen LogP contribution in [0.25, 0.3) is 6.08 Å². The Morgan fingerprint density at radius 1 is 1.50 bits per heavy atom. The standard InChI is InChI=1S/C13H19NOS/c1-10(8-11-6-5-7-16-11)12(15)14-9-13(2,3)4/h5-8H,9H2,1-4H3,(H,14,15)/b10-8+. The van der Waals surface area contributed by atoms with Crippen molar-refractivity contribution in [2.45, 2.75) is 27.7 Å². The van der Waals surface area contributed by atoms with E-state index in [0.29, 0.717) is 6.54 Å². The molecule has 0 aliphatic carbocycles. The molecule has 0 aliphatic rings. The lowest BCUT2D eigenvalue weighted by atomic mass is 9.97. The number of amides is 1. The van der Waals surface area contributed by atoms with Gasteiger partial charge in [0.1, 0.15) is 0 Å². The molecule has 0 radical (unpaired) electrons. The normalized spacial score (nSPS) is 12.6. The van der Waals surface area contributed by atoms with Crippen molar-refractivity contribution in [3.63, 3.8) is 0 Å². The van der Waals surface area contributed by atoms with E-state index in [1.807, 2.05) is 30.5 Å². The fraction of sp³-hybridized carbons (Fsp3) is 0.462. The average molecular weight is 237 g/mol. The van der Waals surface area contributed by atoms with Gasteiger partial charge in [0.05, 0.1) is 0 Å². The van der Waals surface area contributed by atoms with Gasteiger partial charge in [-0.1, -0.05) is 26.8 Å². The van der Waals surface area contributed by atoms with Gasteiger partial charge in [0.25, 0.3) is 0 Å². The summed E-state index contributed by atoms with van der Waals surface area (Å²) in [5.41, 5.74) is 0.880. The number of carbonyl (C=O) groups excluding carboxylic acids is 1. The topological polar surface area (TPSA) is 29.1 Å². The van der Waals surface area contributed by atoms with Gasteiger partial charge in [0.15, 0.2) is 0 Å². The summed E-state index contributed by atoms with van der Waals surface area (Å²) < 4.78 is 0. The molecular weight excluding hydrogens is 218 g/mol. The first-order valence-corrected chi connectivity index (χ1v) is 6.26. The number of rotatable bonds is 3. The summed E-state index contributed by atoms with van der Waals surface area (Å²) in [5.74, 6) is 0.0170. The van der Waals surface area contributed by atoms with Gasteiger partial charge in [0, 0.05) is 17.0 Å². The van der Waals surface area contributed by atoms with E-state index in [0.717, 1.165) is 10.5 Å². The smallest absolute Gasteiger partial charge is 0.246 e. The van der Waals surface area contributed by atoms with Crippen molar-refractivity contribution in [1.29, 1.82) is 0 Å². The van der Waals surface area contributed by atoms with Crippen LogP contribution in [0.2, 0.25) is 0 Å². The minimum absolute atomic E-state index is 0.0170. The van der Waals surface area contributed by atoms with Crippen LogP contribution >= 0.6 is 11.3 Å². The highest BCUT2D eigenvalue weighted by atomic mass is 32.1. The highest BCUT2D eigenvalue weighted by Crippen LogP contribution is 2.14. The van der Waals surface area contributed by atoms with Gasteiger partial charge in [-0.2, -0.15) is 0 Å².